The van der Waals surface area contributed by atoms with Crippen LogP contribution in [0.5, 0.6) is 0 Å². The second-order valence-electron chi connectivity index (χ2n) is 12.0. The number of aromatic nitrogens is 4. The number of ether oxygens (including phenoxy) is 1. The fourth-order valence-electron chi connectivity index (χ4n) is 6.77. The van der Waals surface area contributed by atoms with E-state index >= 15 is 0 Å². The first-order chi connectivity index (χ1) is 18.4. The van der Waals surface area contributed by atoms with E-state index in [1.165, 1.54) is 44.9 Å². The highest BCUT2D eigenvalue weighted by Gasteiger charge is 2.41. The zero-order chi connectivity index (χ0) is 26.4. The molecule has 2 aromatic rings. The number of imidazole rings is 1. The molecule has 2 unspecified atom stereocenters. The Kier molecular flexibility index (Phi) is 6.88. The second kappa shape index (κ2) is 10.3. The molecule has 1 amide bonds. The number of fused-ring (bicyclic) bond motifs is 3. The summed E-state index contributed by atoms with van der Waals surface area (Å²) < 4.78 is 8.22. The lowest BCUT2D eigenvalue weighted by Gasteiger charge is -2.36. The Morgan fingerprint density at radius 2 is 1.79 bits per heavy atom. The van der Waals surface area contributed by atoms with Crippen molar-refractivity contribution >= 4 is 34.9 Å². The molecule has 2 saturated carbocycles. The van der Waals surface area contributed by atoms with Gasteiger partial charge in [0.25, 0.3) is 0 Å². The molecule has 2 saturated heterocycles. The van der Waals surface area contributed by atoms with Gasteiger partial charge in [-0.25, -0.2) is 14.8 Å². The van der Waals surface area contributed by atoms with Crippen LogP contribution in [-0.2, 0) is 11.3 Å². The molecule has 6 rings (SSSR count). The maximum atomic E-state index is 11.3. The number of nitrogens with one attached hydrogen (secondary N) is 3. The minimum absolute atomic E-state index is 0.0378. The predicted molar refractivity (Wildman–Crippen MR) is 145 cm³/mol. The van der Waals surface area contributed by atoms with E-state index in [-0.39, 0.29) is 17.7 Å². The third-order valence-electron chi connectivity index (χ3n) is 9.31. The maximum Gasteiger partial charge on any atom is 0.410 e. The molecule has 11 nitrogen and oxygen atoms in total. The Morgan fingerprint density at radius 1 is 1.08 bits per heavy atom. The summed E-state index contributed by atoms with van der Waals surface area (Å²) in [5.41, 5.74) is 1.38. The Morgan fingerprint density at radius 3 is 2.42 bits per heavy atom. The highest BCUT2D eigenvalue weighted by molar-refractivity contribution is 6.03. The van der Waals surface area contributed by atoms with E-state index in [4.69, 9.17) is 20.1 Å². The van der Waals surface area contributed by atoms with Crippen LogP contribution in [0.4, 0.5) is 16.6 Å². The first-order valence-corrected chi connectivity index (χ1v) is 14.4. The number of amides is 1. The van der Waals surface area contributed by atoms with Gasteiger partial charge < -0.3 is 24.6 Å². The predicted octanol–water partition coefficient (Wildman–Crippen LogP) is 4.21. The molecule has 2 aliphatic carbocycles. The summed E-state index contributed by atoms with van der Waals surface area (Å²) in [5, 5.41) is 23.3. The molecule has 206 valence electrons. The molecular weight excluding hydrogens is 484 g/mol. The van der Waals surface area contributed by atoms with E-state index in [1.54, 1.807) is 0 Å². The van der Waals surface area contributed by atoms with Gasteiger partial charge in [0.1, 0.15) is 5.52 Å². The molecule has 4 aliphatic rings. The van der Waals surface area contributed by atoms with Crippen LogP contribution in [0.15, 0.2) is 0 Å². The molecule has 0 radical (unpaired) electrons. The van der Waals surface area contributed by atoms with Crippen LogP contribution >= 0.6 is 0 Å². The van der Waals surface area contributed by atoms with Crippen LogP contribution < -0.4 is 15.5 Å². The summed E-state index contributed by atoms with van der Waals surface area (Å²) in [5.74, 6) is 3.16. The average molecular weight is 525 g/mol. The van der Waals surface area contributed by atoms with Crippen molar-refractivity contribution in [3.05, 3.63) is 5.82 Å². The second-order valence-corrected chi connectivity index (χ2v) is 12.0. The van der Waals surface area contributed by atoms with Gasteiger partial charge in [0.15, 0.2) is 23.1 Å². The summed E-state index contributed by atoms with van der Waals surface area (Å²) in [6.45, 7) is 6.79. The fourth-order valence-corrected chi connectivity index (χ4v) is 6.77. The molecule has 0 aromatic carbocycles. The standard InChI is InChI=1S/C27H40N8O3/c1-15-6-8-17(9-7-15)12-34-21-23(29-16(2)18-4-3-5-18)31-25(22(28)30-27(36)37)32-24(21)33-26(34)35-19-10-11-20(35)14-38-13-19/h15-20H,3-14H2,1-2H3,(H2,28,30)(H,36,37)(H,29,31,32)/t15?,16-,17?,19?,20?/m1/s1. The molecule has 38 heavy (non-hydrogen) atoms. The molecule has 4 heterocycles. The summed E-state index contributed by atoms with van der Waals surface area (Å²) in [4.78, 5) is 28.2. The molecule has 2 aliphatic heterocycles. The number of anilines is 2. The third-order valence-corrected chi connectivity index (χ3v) is 9.31. The Balaban J connectivity index is 1.46. The first-order valence-electron chi connectivity index (χ1n) is 14.4. The van der Waals surface area contributed by atoms with E-state index in [2.05, 4.69) is 38.9 Å². The van der Waals surface area contributed by atoms with Gasteiger partial charge >= 0.3 is 6.09 Å². The van der Waals surface area contributed by atoms with Crippen molar-refractivity contribution in [2.75, 3.05) is 23.4 Å². The van der Waals surface area contributed by atoms with Crippen LogP contribution in [-0.4, -0.2) is 67.9 Å². The van der Waals surface area contributed by atoms with E-state index in [0.29, 0.717) is 48.6 Å². The van der Waals surface area contributed by atoms with Crippen molar-refractivity contribution in [3.8, 4) is 0 Å². The third kappa shape index (κ3) is 4.81. The van der Waals surface area contributed by atoms with Crippen LogP contribution in [0, 0.1) is 23.2 Å². The Hall–Kier alpha value is -2.95. The zero-order valence-electron chi connectivity index (χ0n) is 22.4. The summed E-state index contributed by atoms with van der Waals surface area (Å²) in [6, 6.07) is 0.791. The normalized spacial score (nSPS) is 28.2. The first kappa shape index (κ1) is 25.3. The van der Waals surface area contributed by atoms with Crippen LogP contribution in [0.2, 0.25) is 0 Å². The number of hydrogen-bond acceptors (Lipinski definition) is 8. The molecule has 3 atom stereocenters. The minimum atomic E-state index is -1.31. The van der Waals surface area contributed by atoms with Gasteiger partial charge in [0, 0.05) is 12.6 Å². The lowest BCUT2D eigenvalue weighted by atomic mass is 9.80. The summed E-state index contributed by atoms with van der Waals surface area (Å²) in [6.07, 6.45) is 9.38. The van der Waals surface area contributed by atoms with E-state index in [1.807, 2.05) is 0 Å². The number of carbonyl (C=O) groups is 1. The smallest absolute Gasteiger partial charge is 0.410 e. The molecular formula is C27H40N8O3. The van der Waals surface area contributed by atoms with E-state index in [0.717, 1.165) is 36.8 Å². The van der Waals surface area contributed by atoms with Crippen molar-refractivity contribution in [1.29, 1.82) is 5.41 Å². The van der Waals surface area contributed by atoms with Crippen LogP contribution in [0.1, 0.15) is 77.5 Å². The van der Waals surface area contributed by atoms with Gasteiger partial charge in [-0.3, -0.25) is 10.7 Å². The van der Waals surface area contributed by atoms with Crippen LogP contribution in [0.3, 0.4) is 0 Å². The molecule has 11 heteroatoms. The van der Waals surface area contributed by atoms with Gasteiger partial charge in [-0.1, -0.05) is 26.2 Å². The topological polar surface area (TPSA) is 141 Å². The number of morpholine rings is 1. The fraction of sp³-hybridized carbons (Fsp3) is 0.741. The Labute approximate surface area is 223 Å². The van der Waals surface area contributed by atoms with Gasteiger partial charge in [0.2, 0.25) is 5.95 Å². The molecule has 2 aromatic heterocycles. The maximum absolute atomic E-state index is 11.3. The SMILES string of the molecule is CC1CCC(Cn2c(N3C4CCC3COC4)nc3nc(C(=N)NC(=O)O)nc(N[C@H](C)C4CCC4)c32)CC1. The van der Waals surface area contributed by atoms with Crippen molar-refractivity contribution in [1.82, 2.24) is 24.8 Å². The molecule has 4 N–H and O–H groups in total. The lowest BCUT2D eigenvalue weighted by Crippen LogP contribution is -2.47. The highest BCUT2D eigenvalue weighted by atomic mass is 16.5. The van der Waals surface area contributed by atoms with Gasteiger partial charge in [-0.05, 0) is 63.2 Å². The lowest BCUT2D eigenvalue weighted by molar-refractivity contribution is 0.0892. The quantitative estimate of drug-likeness (QED) is 0.312. The summed E-state index contributed by atoms with van der Waals surface area (Å²) in [7, 11) is 0. The van der Waals surface area contributed by atoms with Crippen LogP contribution in [0.25, 0.3) is 11.2 Å². The zero-order valence-corrected chi connectivity index (χ0v) is 22.4. The van der Waals surface area contributed by atoms with Gasteiger partial charge in [-0.15, -0.1) is 0 Å². The Bertz CT molecular complexity index is 1190. The average Bonchev–Trinajstić information content (AvgIpc) is 3.31. The van der Waals surface area contributed by atoms with Crippen molar-refractivity contribution in [3.63, 3.8) is 0 Å². The number of nitrogens with zero attached hydrogens (tertiary/aromatic N) is 5. The van der Waals surface area contributed by atoms with Gasteiger partial charge in [0.05, 0.1) is 25.3 Å². The monoisotopic (exact) mass is 524 g/mol. The number of rotatable bonds is 7. The van der Waals surface area contributed by atoms with Crippen molar-refractivity contribution < 1.29 is 14.6 Å². The van der Waals surface area contributed by atoms with E-state index in [9.17, 15) is 9.90 Å². The van der Waals surface area contributed by atoms with Crippen molar-refractivity contribution in [2.24, 2.45) is 17.8 Å². The summed E-state index contributed by atoms with van der Waals surface area (Å²) >= 11 is 0. The van der Waals surface area contributed by atoms with Crippen molar-refractivity contribution in [2.45, 2.75) is 96.3 Å². The number of hydrogen-bond donors (Lipinski definition) is 4. The number of carboxylic acid groups (broad SMARTS) is 1. The molecule has 2 bridgehead atoms. The van der Waals surface area contributed by atoms with Gasteiger partial charge in [-0.2, -0.15) is 4.98 Å². The number of amidine groups is 1. The minimum Gasteiger partial charge on any atom is -0.465 e. The molecule has 0 spiro atoms. The highest BCUT2D eigenvalue weighted by Crippen LogP contribution is 2.39. The largest absolute Gasteiger partial charge is 0.465 e. The molecule has 4 fully saturated rings. The van der Waals surface area contributed by atoms with E-state index < -0.39 is 6.09 Å².